The summed E-state index contributed by atoms with van der Waals surface area (Å²) in [6, 6.07) is 11.6. The van der Waals surface area contributed by atoms with E-state index in [1.165, 1.54) is 0 Å². The molecule has 1 saturated heterocycles. The average molecular weight is 340 g/mol. The molecule has 0 unspecified atom stereocenters. The number of pyridine rings is 1. The molecule has 2 N–H and O–H groups in total. The Morgan fingerprint density at radius 3 is 2.84 bits per heavy atom. The predicted octanol–water partition coefficient (Wildman–Crippen LogP) is 2.59. The van der Waals surface area contributed by atoms with Crippen molar-refractivity contribution < 1.29 is 9.53 Å². The van der Waals surface area contributed by atoms with Gasteiger partial charge in [0.2, 0.25) is 0 Å². The Balaban J connectivity index is 1.62. The van der Waals surface area contributed by atoms with Gasteiger partial charge in [-0.05, 0) is 36.2 Å². The molecule has 1 fully saturated rings. The van der Waals surface area contributed by atoms with Crippen LogP contribution in [-0.4, -0.2) is 48.8 Å². The average Bonchev–Trinajstić information content (AvgIpc) is 2.64. The first-order valence-electron chi connectivity index (χ1n) is 8.55. The summed E-state index contributed by atoms with van der Waals surface area (Å²) in [6.45, 7) is 5.64. The monoisotopic (exact) mass is 340 g/mol. The summed E-state index contributed by atoms with van der Waals surface area (Å²) in [7, 11) is 0. The van der Waals surface area contributed by atoms with Crippen molar-refractivity contribution in [2.75, 3.05) is 38.2 Å². The van der Waals surface area contributed by atoms with Crippen LogP contribution in [0.15, 0.2) is 48.8 Å². The van der Waals surface area contributed by atoms with Crippen LogP contribution in [0.5, 0.6) is 0 Å². The number of hydrogen-bond acceptors (Lipinski definition) is 4. The quantitative estimate of drug-likeness (QED) is 0.878. The lowest BCUT2D eigenvalue weighted by Crippen LogP contribution is -2.44. The molecule has 0 spiro atoms. The minimum Gasteiger partial charge on any atom is -0.379 e. The Bertz CT molecular complexity index is 687. The van der Waals surface area contributed by atoms with Crippen LogP contribution in [0.25, 0.3) is 0 Å². The van der Waals surface area contributed by atoms with Crippen LogP contribution in [0.3, 0.4) is 0 Å². The fraction of sp³-hybridized carbons (Fsp3) is 0.368. The van der Waals surface area contributed by atoms with E-state index >= 15 is 0 Å². The van der Waals surface area contributed by atoms with Crippen molar-refractivity contribution in [3.8, 4) is 0 Å². The Morgan fingerprint density at radius 1 is 1.28 bits per heavy atom. The maximum absolute atomic E-state index is 12.3. The first-order valence-corrected chi connectivity index (χ1v) is 8.55. The van der Waals surface area contributed by atoms with Crippen LogP contribution < -0.4 is 10.6 Å². The number of amides is 2. The zero-order valence-electron chi connectivity index (χ0n) is 14.4. The van der Waals surface area contributed by atoms with Crippen LogP contribution in [0, 0.1) is 6.92 Å². The van der Waals surface area contributed by atoms with Gasteiger partial charge in [0, 0.05) is 37.7 Å². The lowest BCUT2D eigenvalue weighted by atomic mass is 10.1. The third-order valence-corrected chi connectivity index (χ3v) is 4.29. The van der Waals surface area contributed by atoms with E-state index in [0.717, 1.165) is 29.9 Å². The highest BCUT2D eigenvalue weighted by molar-refractivity contribution is 5.89. The number of hydrogen-bond donors (Lipinski definition) is 2. The zero-order chi connectivity index (χ0) is 17.5. The predicted molar refractivity (Wildman–Crippen MR) is 97.6 cm³/mol. The van der Waals surface area contributed by atoms with Gasteiger partial charge in [0.05, 0.1) is 19.3 Å². The maximum Gasteiger partial charge on any atom is 0.319 e. The van der Waals surface area contributed by atoms with Crippen LogP contribution in [-0.2, 0) is 4.74 Å². The van der Waals surface area contributed by atoms with Gasteiger partial charge in [-0.25, -0.2) is 4.79 Å². The standard InChI is InChI=1S/C19H24N4O2/c1-15-4-2-6-17(12-15)22-19(24)21-14-18(16-5-3-7-20-13-16)23-8-10-25-11-9-23/h2-7,12-13,18H,8-11,14H2,1H3,(H2,21,22,24)/t18-/m1/s1. The van der Waals surface area contributed by atoms with Crippen molar-refractivity contribution in [2.24, 2.45) is 0 Å². The van der Waals surface area contributed by atoms with E-state index in [9.17, 15) is 4.79 Å². The van der Waals surface area contributed by atoms with Crippen LogP contribution in [0.2, 0.25) is 0 Å². The molecule has 1 aliphatic heterocycles. The number of urea groups is 1. The zero-order valence-corrected chi connectivity index (χ0v) is 14.4. The molecular weight excluding hydrogens is 316 g/mol. The number of carbonyl (C=O) groups is 1. The lowest BCUT2D eigenvalue weighted by molar-refractivity contribution is 0.0167. The van der Waals surface area contributed by atoms with Crippen molar-refractivity contribution >= 4 is 11.7 Å². The van der Waals surface area contributed by atoms with Crippen LogP contribution in [0.1, 0.15) is 17.2 Å². The Morgan fingerprint density at radius 2 is 2.12 bits per heavy atom. The lowest BCUT2D eigenvalue weighted by Gasteiger charge is -2.34. The van der Waals surface area contributed by atoms with Crippen molar-refractivity contribution in [1.82, 2.24) is 15.2 Å². The van der Waals surface area contributed by atoms with Gasteiger partial charge in [-0.15, -0.1) is 0 Å². The van der Waals surface area contributed by atoms with Crippen molar-refractivity contribution in [1.29, 1.82) is 0 Å². The van der Waals surface area contributed by atoms with E-state index in [1.807, 2.05) is 49.5 Å². The molecule has 2 heterocycles. The molecule has 6 heteroatoms. The highest BCUT2D eigenvalue weighted by Gasteiger charge is 2.23. The fourth-order valence-corrected chi connectivity index (χ4v) is 3.01. The van der Waals surface area contributed by atoms with Gasteiger partial charge < -0.3 is 15.4 Å². The molecule has 0 bridgehead atoms. The molecule has 25 heavy (non-hydrogen) atoms. The van der Waals surface area contributed by atoms with E-state index < -0.39 is 0 Å². The second kappa shape index (κ2) is 8.60. The number of nitrogens with zero attached hydrogens (tertiary/aromatic N) is 2. The smallest absolute Gasteiger partial charge is 0.319 e. The van der Waals surface area contributed by atoms with E-state index in [1.54, 1.807) is 6.20 Å². The molecule has 0 aliphatic carbocycles. The van der Waals surface area contributed by atoms with E-state index in [4.69, 9.17) is 4.74 Å². The van der Waals surface area contributed by atoms with Crippen molar-refractivity contribution in [2.45, 2.75) is 13.0 Å². The van der Waals surface area contributed by atoms with Gasteiger partial charge in [-0.2, -0.15) is 0 Å². The summed E-state index contributed by atoms with van der Waals surface area (Å²) in [6.07, 6.45) is 3.62. The SMILES string of the molecule is Cc1cccc(NC(=O)NC[C@H](c2cccnc2)N2CCOCC2)c1. The summed E-state index contributed by atoms with van der Waals surface area (Å²) in [5.74, 6) is 0. The molecule has 1 atom stereocenters. The first kappa shape index (κ1) is 17.4. The van der Waals surface area contributed by atoms with Gasteiger partial charge >= 0.3 is 6.03 Å². The van der Waals surface area contributed by atoms with Gasteiger partial charge in [-0.1, -0.05) is 18.2 Å². The third kappa shape index (κ3) is 5.01. The summed E-state index contributed by atoms with van der Waals surface area (Å²) in [5.41, 5.74) is 3.00. The number of nitrogens with one attached hydrogen (secondary N) is 2. The highest BCUT2D eigenvalue weighted by atomic mass is 16.5. The third-order valence-electron chi connectivity index (χ3n) is 4.29. The second-order valence-electron chi connectivity index (χ2n) is 6.16. The van der Waals surface area contributed by atoms with Crippen molar-refractivity contribution in [3.05, 3.63) is 59.9 Å². The molecular formula is C19H24N4O2. The van der Waals surface area contributed by atoms with Crippen LogP contribution >= 0.6 is 0 Å². The Kier molecular flexibility index (Phi) is 5.98. The number of aryl methyl sites for hydroxylation is 1. The topological polar surface area (TPSA) is 66.5 Å². The van der Waals surface area contributed by atoms with E-state index in [0.29, 0.717) is 19.8 Å². The number of rotatable bonds is 5. The van der Waals surface area contributed by atoms with Gasteiger partial charge in [0.1, 0.15) is 0 Å². The minimum absolute atomic E-state index is 0.0841. The Labute approximate surface area is 148 Å². The van der Waals surface area contributed by atoms with E-state index in [-0.39, 0.29) is 12.1 Å². The molecule has 0 radical (unpaired) electrons. The molecule has 132 valence electrons. The van der Waals surface area contributed by atoms with Gasteiger partial charge in [0.25, 0.3) is 0 Å². The number of aromatic nitrogens is 1. The second-order valence-corrected chi connectivity index (χ2v) is 6.16. The molecule has 2 amide bonds. The van der Waals surface area contributed by atoms with E-state index in [2.05, 4.69) is 20.5 Å². The number of anilines is 1. The number of carbonyl (C=O) groups excluding carboxylic acids is 1. The fourth-order valence-electron chi connectivity index (χ4n) is 3.01. The van der Waals surface area contributed by atoms with Gasteiger partial charge in [0.15, 0.2) is 0 Å². The molecule has 2 aromatic rings. The molecule has 0 saturated carbocycles. The number of ether oxygens (including phenoxy) is 1. The van der Waals surface area contributed by atoms with Crippen LogP contribution in [0.4, 0.5) is 10.5 Å². The summed E-state index contributed by atoms with van der Waals surface area (Å²) >= 11 is 0. The largest absolute Gasteiger partial charge is 0.379 e. The molecule has 1 aromatic heterocycles. The summed E-state index contributed by atoms with van der Waals surface area (Å²) in [5, 5.41) is 5.87. The maximum atomic E-state index is 12.3. The molecule has 1 aromatic carbocycles. The number of benzene rings is 1. The Hall–Kier alpha value is -2.44. The molecule has 1 aliphatic rings. The van der Waals surface area contributed by atoms with Crippen molar-refractivity contribution in [3.63, 3.8) is 0 Å². The summed E-state index contributed by atoms with van der Waals surface area (Å²) < 4.78 is 5.44. The number of morpholine rings is 1. The highest BCUT2D eigenvalue weighted by Crippen LogP contribution is 2.20. The first-order chi connectivity index (χ1) is 12.2. The molecule has 6 nitrogen and oxygen atoms in total. The summed E-state index contributed by atoms with van der Waals surface area (Å²) in [4.78, 5) is 18.8. The minimum atomic E-state index is -0.201. The normalized spacial score (nSPS) is 16.2. The molecule has 3 rings (SSSR count). The van der Waals surface area contributed by atoms with Gasteiger partial charge in [-0.3, -0.25) is 9.88 Å².